The third-order valence-corrected chi connectivity index (χ3v) is 5.28. The highest BCUT2D eigenvalue weighted by atomic mass is 16.5. The Morgan fingerprint density at radius 3 is 2.09 bits per heavy atom. The molecule has 0 saturated carbocycles. The summed E-state index contributed by atoms with van der Waals surface area (Å²) in [4.78, 5) is 23.7. The fraction of sp³-hybridized carbons (Fsp3) is 0.286. The third-order valence-electron chi connectivity index (χ3n) is 5.28. The number of carbonyl (C=O) groups is 2. The molecular formula is C28H31NO6. The van der Waals surface area contributed by atoms with E-state index < -0.39 is 18.2 Å². The molecule has 3 aromatic carbocycles. The molecule has 7 nitrogen and oxygen atoms in total. The van der Waals surface area contributed by atoms with Gasteiger partial charge in [-0.15, -0.1) is 0 Å². The van der Waals surface area contributed by atoms with Crippen molar-refractivity contribution in [2.45, 2.75) is 38.9 Å². The van der Waals surface area contributed by atoms with Gasteiger partial charge in [0.2, 0.25) is 0 Å². The average Bonchev–Trinajstić information content (AvgIpc) is 2.86. The summed E-state index contributed by atoms with van der Waals surface area (Å²) in [5.74, 6) is 0.877. The van der Waals surface area contributed by atoms with Gasteiger partial charge in [-0.1, -0.05) is 42.5 Å². The summed E-state index contributed by atoms with van der Waals surface area (Å²) in [6, 6.07) is 24.4. The van der Waals surface area contributed by atoms with Gasteiger partial charge in [-0.3, -0.25) is 4.79 Å². The Bertz CT molecular complexity index is 1070. The number of hydrogen-bond donors (Lipinski definition) is 2. The van der Waals surface area contributed by atoms with Crippen molar-refractivity contribution in [2.75, 3.05) is 13.2 Å². The van der Waals surface area contributed by atoms with E-state index in [0.717, 1.165) is 22.6 Å². The molecule has 0 saturated heterocycles. The zero-order chi connectivity index (χ0) is 25.0. The van der Waals surface area contributed by atoms with Crippen LogP contribution < -0.4 is 14.8 Å². The third kappa shape index (κ3) is 8.46. The van der Waals surface area contributed by atoms with Gasteiger partial charge >= 0.3 is 5.97 Å². The predicted molar refractivity (Wildman–Crippen MR) is 133 cm³/mol. The molecule has 35 heavy (non-hydrogen) atoms. The highest BCUT2D eigenvalue weighted by molar-refractivity contribution is 5.80. The van der Waals surface area contributed by atoms with Crippen molar-refractivity contribution in [3.8, 4) is 17.2 Å². The van der Waals surface area contributed by atoms with E-state index in [9.17, 15) is 14.7 Å². The molecule has 0 aliphatic heterocycles. The van der Waals surface area contributed by atoms with Crippen LogP contribution in [0.1, 0.15) is 25.0 Å². The molecule has 0 bridgehead atoms. The lowest BCUT2D eigenvalue weighted by Crippen LogP contribution is -2.37. The summed E-state index contributed by atoms with van der Waals surface area (Å²) in [5, 5.41) is 12.1. The van der Waals surface area contributed by atoms with Crippen molar-refractivity contribution < 1.29 is 28.9 Å². The summed E-state index contributed by atoms with van der Waals surface area (Å²) in [6.07, 6.45) is -0.607. The first-order valence-corrected chi connectivity index (χ1v) is 11.6. The second-order valence-electron chi connectivity index (χ2n) is 7.99. The van der Waals surface area contributed by atoms with Crippen molar-refractivity contribution in [1.82, 2.24) is 5.32 Å². The number of benzene rings is 3. The number of amides is 1. The van der Waals surface area contributed by atoms with Gasteiger partial charge in [0.05, 0.1) is 0 Å². The van der Waals surface area contributed by atoms with Crippen LogP contribution in [-0.2, 0) is 27.2 Å². The number of carboxylic acid groups (broad SMARTS) is 1. The number of para-hydroxylation sites is 1. The molecule has 0 fully saturated rings. The molecular weight excluding hydrogens is 446 g/mol. The number of aliphatic carboxylic acids is 1. The fourth-order valence-electron chi connectivity index (χ4n) is 3.42. The van der Waals surface area contributed by atoms with Crippen LogP contribution in [0.5, 0.6) is 17.2 Å². The summed E-state index contributed by atoms with van der Waals surface area (Å²) < 4.78 is 16.8. The van der Waals surface area contributed by atoms with Crippen LogP contribution in [0.25, 0.3) is 0 Å². The molecule has 3 aromatic rings. The van der Waals surface area contributed by atoms with Crippen LogP contribution in [-0.4, -0.2) is 42.3 Å². The van der Waals surface area contributed by atoms with Gasteiger partial charge in [0, 0.05) is 19.6 Å². The second-order valence-corrected chi connectivity index (χ2v) is 7.99. The summed E-state index contributed by atoms with van der Waals surface area (Å²) in [7, 11) is 0. The van der Waals surface area contributed by atoms with Crippen LogP contribution in [0, 0.1) is 0 Å². The number of nitrogens with one attached hydrogen (secondary N) is 1. The van der Waals surface area contributed by atoms with Gasteiger partial charge in [0.15, 0.2) is 12.2 Å². The lowest BCUT2D eigenvalue weighted by atomic mass is 10.1. The number of carboxylic acids is 1. The quantitative estimate of drug-likeness (QED) is 0.373. The van der Waals surface area contributed by atoms with Gasteiger partial charge in [0.25, 0.3) is 5.91 Å². The Labute approximate surface area is 205 Å². The molecule has 0 aliphatic carbocycles. The zero-order valence-corrected chi connectivity index (χ0v) is 20.0. The number of rotatable bonds is 13. The van der Waals surface area contributed by atoms with E-state index in [1.165, 1.54) is 0 Å². The molecule has 0 aromatic heterocycles. The Morgan fingerprint density at radius 2 is 1.46 bits per heavy atom. The van der Waals surface area contributed by atoms with Crippen LogP contribution in [0.2, 0.25) is 0 Å². The lowest BCUT2D eigenvalue weighted by Gasteiger charge is -2.16. The lowest BCUT2D eigenvalue weighted by molar-refractivity contribution is -0.150. The predicted octanol–water partition coefficient (Wildman–Crippen LogP) is 4.64. The molecule has 0 aliphatic rings. The van der Waals surface area contributed by atoms with E-state index in [1.807, 2.05) is 54.6 Å². The molecule has 2 N–H and O–H groups in total. The van der Waals surface area contributed by atoms with Gasteiger partial charge < -0.3 is 24.6 Å². The van der Waals surface area contributed by atoms with Crippen LogP contribution >= 0.6 is 0 Å². The Hall–Kier alpha value is -3.84. The van der Waals surface area contributed by atoms with E-state index in [4.69, 9.17) is 14.2 Å². The van der Waals surface area contributed by atoms with Crippen LogP contribution in [0.4, 0.5) is 0 Å². The smallest absolute Gasteiger partial charge is 0.333 e. The van der Waals surface area contributed by atoms with E-state index in [-0.39, 0.29) is 12.3 Å². The summed E-state index contributed by atoms with van der Waals surface area (Å²) in [6.45, 7) is 4.27. The molecule has 3 rings (SSSR count). The maximum atomic E-state index is 12.4. The summed E-state index contributed by atoms with van der Waals surface area (Å²) >= 11 is 0. The second kappa shape index (κ2) is 13.2. The van der Waals surface area contributed by atoms with Crippen molar-refractivity contribution in [1.29, 1.82) is 0 Å². The van der Waals surface area contributed by atoms with Crippen molar-refractivity contribution in [3.05, 3.63) is 90.0 Å². The first-order chi connectivity index (χ1) is 16.9. The van der Waals surface area contributed by atoms with Crippen molar-refractivity contribution in [3.63, 3.8) is 0 Å². The largest absolute Gasteiger partial charge is 0.481 e. The van der Waals surface area contributed by atoms with Crippen LogP contribution in [0.3, 0.4) is 0 Å². The normalized spacial score (nSPS) is 12.4. The molecule has 0 heterocycles. The molecule has 0 spiro atoms. The standard InChI is InChI=1S/C28H31NO6/c1-3-33-26(28(31)32)19-22-11-15-24(16-12-22)34-20(2)27(30)29-18-17-21-9-13-25(14-10-21)35-23-7-5-4-6-8-23/h4-16,20,26H,3,17-19H2,1-2H3,(H,29,30)(H,31,32)/t20-,26+/m1/s1. The zero-order valence-electron chi connectivity index (χ0n) is 20.0. The van der Waals surface area contributed by atoms with Gasteiger partial charge in [-0.05, 0) is 67.8 Å². The summed E-state index contributed by atoms with van der Waals surface area (Å²) in [5.41, 5.74) is 1.90. The van der Waals surface area contributed by atoms with Gasteiger partial charge in [-0.25, -0.2) is 4.79 Å². The Balaban J connectivity index is 1.41. The van der Waals surface area contributed by atoms with E-state index in [2.05, 4.69) is 5.32 Å². The SMILES string of the molecule is CCO[C@@H](Cc1ccc(O[C@H](C)C(=O)NCCc2ccc(Oc3ccccc3)cc2)cc1)C(=O)O. The number of ether oxygens (including phenoxy) is 3. The first kappa shape index (κ1) is 25.8. The fourth-order valence-corrected chi connectivity index (χ4v) is 3.42. The maximum absolute atomic E-state index is 12.4. The van der Waals surface area contributed by atoms with E-state index in [1.54, 1.807) is 38.1 Å². The minimum atomic E-state index is -0.992. The monoisotopic (exact) mass is 477 g/mol. The molecule has 7 heteroatoms. The van der Waals surface area contributed by atoms with Gasteiger partial charge in [0.1, 0.15) is 17.2 Å². The van der Waals surface area contributed by atoms with Crippen molar-refractivity contribution >= 4 is 11.9 Å². The minimum absolute atomic E-state index is 0.208. The highest BCUT2D eigenvalue weighted by Gasteiger charge is 2.18. The average molecular weight is 478 g/mol. The van der Waals surface area contributed by atoms with Gasteiger partial charge in [-0.2, -0.15) is 0 Å². The Kier molecular flexibility index (Phi) is 9.69. The molecule has 184 valence electrons. The number of hydrogen-bond acceptors (Lipinski definition) is 5. The molecule has 2 atom stereocenters. The topological polar surface area (TPSA) is 94.1 Å². The van der Waals surface area contributed by atoms with Crippen LogP contribution in [0.15, 0.2) is 78.9 Å². The molecule has 1 amide bonds. The highest BCUT2D eigenvalue weighted by Crippen LogP contribution is 2.21. The van der Waals surface area contributed by atoms with E-state index >= 15 is 0 Å². The van der Waals surface area contributed by atoms with Crippen molar-refractivity contribution in [2.24, 2.45) is 0 Å². The molecule has 0 radical (unpaired) electrons. The number of carbonyl (C=O) groups excluding carboxylic acids is 1. The minimum Gasteiger partial charge on any atom is -0.481 e. The molecule has 0 unspecified atom stereocenters. The first-order valence-electron chi connectivity index (χ1n) is 11.6. The maximum Gasteiger partial charge on any atom is 0.333 e. The van der Waals surface area contributed by atoms with E-state index in [0.29, 0.717) is 25.3 Å². The Morgan fingerprint density at radius 1 is 0.857 bits per heavy atom.